The number of aliphatic hydroxyl groups excluding tert-OH is 3. The van der Waals surface area contributed by atoms with E-state index in [-0.39, 0.29) is 37.1 Å². The Kier molecular flexibility index (Phi) is 15.6. The van der Waals surface area contributed by atoms with Crippen LogP contribution < -0.4 is 0 Å². The van der Waals surface area contributed by atoms with Crippen molar-refractivity contribution in [2.75, 3.05) is 28.3 Å². The third kappa shape index (κ3) is 9.61. The van der Waals surface area contributed by atoms with E-state index >= 15 is 0 Å². The molecule has 0 aromatic heterocycles. The Morgan fingerprint density at radius 1 is 0.926 bits per heavy atom. The van der Waals surface area contributed by atoms with E-state index < -0.39 is 101 Å². The van der Waals surface area contributed by atoms with Gasteiger partial charge in [0.1, 0.15) is 23.9 Å². The standard InChI is InChI=1S/C39H72N2O13/c1-16-27-39(11,46)31(43)22(4)28(40-47)20(2)18-36(8,48-14)33(52-35-29(42)26(41(12)13)17-21(3)50-35)23(5)30(24(6)34(45)51-27)54-38(10)19-37(9,49-15)32(44)25(7)53-38/h20-27,29-33,35,42-44,46-47H,16-19H2,1-15H3/b40-28+/t20-,21-,22+,23+,24-,25+,26+,27-,29-,30+,31-,32+,33-,35+,36-,37-,38?,39-/m1/s1. The number of hydrogen-bond acceptors (Lipinski definition) is 15. The molecule has 5 N–H and O–H groups in total. The third-order valence-corrected chi connectivity index (χ3v) is 12.7. The fourth-order valence-corrected chi connectivity index (χ4v) is 9.27. The molecule has 3 rings (SSSR count). The van der Waals surface area contributed by atoms with Crippen LogP contribution in [0.5, 0.6) is 0 Å². The Balaban J connectivity index is 2.29. The second kappa shape index (κ2) is 18.0. The number of cyclic esters (lactones) is 1. The van der Waals surface area contributed by atoms with E-state index in [4.69, 9.17) is 33.2 Å². The Morgan fingerprint density at radius 3 is 2.04 bits per heavy atom. The molecule has 0 aromatic carbocycles. The zero-order valence-electron chi connectivity index (χ0n) is 35.3. The number of hydrogen-bond donors (Lipinski definition) is 5. The highest BCUT2D eigenvalue weighted by molar-refractivity contribution is 5.88. The number of rotatable bonds is 8. The van der Waals surface area contributed by atoms with Crippen LogP contribution in [0.15, 0.2) is 5.16 Å². The minimum Gasteiger partial charge on any atom is -0.459 e. The number of oxime groups is 1. The lowest BCUT2D eigenvalue weighted by molar-refractivity contribution is -0.356. The van der Waals surface area contributed by atoms with Gasteiger partial charge < -0.3 is 63.7 Å². The lowest BCUT2D eigenvalue weighted by Gasteiger charge is -2.52. The summed E-state index contributed by atoms with van der Waals surface area (Å²) >= 11 is 0. The van der Waals surface area contributed by atoms with Gasteiger partial charge in [-0.15, -0.1) is 0 Å². The van der Waals surface area contributed by atoms with Crippen molar-refractivity contribution in [2.24, 2.45) is 28.8 Å². The maximum absolute atomic E-state index is 14.3. The molecule has 18 atom stereocenters. The summed E-state index contributed by atoms with van der Waals surface area (Å²) < 4.78 is 44.6. The summed E-state index contributed by atoms with van der Waals surface area (Å²) in [6.07, 6.45) is -7.78. The second-order valence-electron chi connectivity index (χ2n) is 17.4. The fraction of sp³-hybridized carbons (Fsp3) is 0.949. The minimum absolute atomic E-state index is 0.0935. The summed E-state index contributed by atoms with van der Waals surface area (Å²) in [5.41, 5.74) is -4.05. The Hall–Kier alpha value is -1.50. The van der Waals surface area contributed by atoms with Gasteiger partial charge in [-0.1, -0.05) is 32.9 Å². The maximum atomic E-state index is 14.3. The van der Waals surface area contributed by atoms with Gasteiger partial charge >= 0.3 is 5.97 Å². The topological polar surface area (TPSA) is 198 Å². The minimum atomic E-state index is -1.94. The van der Waals surface area contributed by atoms with Crippen LogP contribution in [-0.2, 0) is 38.0 Å². The highest BCUT2D eigenvalue weighted by atomic mass is 16.7. The van der Waals surface area contributed by atoms with Crippen LogP contribution in [0.4, 0.5) is 0 Å². The lowest BCUT2D eigenvalue weighted by atomic mass is 9.73. The second-order valence-corrected chi connectivity index (χ2v) is 17.4. The van der Waals surface area contributed by atoms with Crippen molar-refractivity contribution in [1.29, 1.82) is 0 Å². The molecule has 54 heavy (non-hydrogen) atoms. The SMILES string of the molecule is CC[C@H]1OC(=O)[C@H](C)[C@@H](OC2(C)C[C@@](C)(OC)[C@@H](O)[C@H](C)O2)[C@H](C)[C@@H](O[C@@H]2O[C@H](C)C[C@H](N(C)C)[C@H]2O)[C@](C)(OC)C[C@@H](C)/C(=N\O)[C@H](C)[C@@H](O)[C@]1(C)O. The molecule has 0 amide bonds. The molecule has 3 aliphatic heterocycles. The molecule has 0 saturated carbocycles. The van der Waals surface area contributed by atoms with Gasteiger partial charge in [-0.2, -0.15) is 0 Å². The van der Waals surface area contributed by atoms with Gasteiger partial charge in [0.2, 0.25) is 0 Å². The molecule has 0 spiro atoms. The first-order valence-corrected chi connectivity index (χ1v) is 19.5. The molecule has 3 saturated heterocycles. The van der Waals surface area contributed by atoms with Crippen molar-refractivity contribution in [3.63, 3.8) is 0 Å². The van der Waals surface area contributed by atoms with Crippen molar-refractivity contribution in [3.8, 4) is 0 Å². The zero-order valence-corrected chi connectivity index (χ0v) is 35.3. The molecule has 15 heteroatoms. The van der Waals surface area contributed by atoms with Gasteiger partial charge in [0.25, 0.3) is 0 Å². The molecular formula is C39H72N2O13. The van der Waals surface area contributed by atoms with Crippen LogP contribution in [0.3, 0.4) is 0 Å². The average Bonchev–Trinajstić information content (AvgIpc) is 3.10. The summed E-state index contributed by atoms with van der Waals surface area (Å²) in [6, 6.07) is -0.287. The van der Waals surface area contributed by atoms with Gasteiger partial charge in [0.05, 0.1) is 53.4 Å². The Bertz CT molecular complexity index is 1270. The highest BCUT2D eigenvalue weighted by Crippen LogP contribution is 2.44. The maximum Gasteiger partial charge on any atom is 0.311 e. The summed E-state index contributed by atoms with van der Waals surface area (Å²) in [6.45, 7) is 19.1. The number of methoxy groups -OCH3 is 2. The quantitative estimate of drug-likeness (QED) is 0.137. The van der Waals surface area contributed by atoms with Crippen LogP contribution in [0.2, 0.25) is 0 Å². The first kappa shape index (κ1) is 46.9. The van der Waals surface area contributed by atoms with Gasteiger partial charge in [0, 0.05) is 44.4 Å². The number of esters is 1. The van der Waals surface area contributed by atoms with Crippen molar-refractivity contribution < 1.29 is 63.6 Å². The zero-order chi connectivity index (χ0) is 41.3. The van der Waals surface area contributed by atoms with Crippen LogP contribution >= 0.6 is 0 Å². The summed E-state index contributed by atoms with van der Waals surface area (Å²) in [4.78, 5) is 16.3. The fourth-order valence-electron chi connectivity index (χ4n) is 9.27. The van der Waals surface area contributed by atoms with E-state index in [1.165, 1.54) is 21.1 Å². The number of carbonyl (C=O) groups excluding carboxylic acids is 1. The predicted molar refractivity (Wildman–Crippen MR) is 200 cm³/mol. The van der Waals surface area contributed by atoms with E-state index in [1.54, 1.807) is 41.5 Å². The number of carbonyl (C=O) groups is 1. The Morgan fingerprint density at radius 2 is 1.52 bits per heavy atom. The molecule has 0 radical (unpaired) electrons. The molecule has 0 aromatic rings. The molecule has 3 fully saturated rings. The van der Waals surface area contributed by atoms with E-state index in [1.807, 2.05) is 46.7 Å². The molecular weight excluding hydrogens is 704 g/mol. The van der Waals surface area contributed by atoms with E-state index in [0.717, 1.165) is 0 Å². The average molecular weight is 777 g/mol. The monoisotopic (exact) mass is 777 g/mol. The highest BCUT2D eigenvalue weighted by Gasteiger charge is 2.56. The van der Waals surface area contributed by atoms with Crippen molar-refractivity contribution in [3.05, 3.63) is 0 Å². The van der Waals surface area contributed by atoms with Crippen LogP contribution in [0.1, 0.15) is 102 Å². The summed E-state index contributed by atoms with van der Waals surface area (Å²) in [5, 5.41) is 60.1. The van der Waals surface area contributed by atoms with Crippen LogP contribution in [0, 0.1) is 23.7 Å². The largest absolute Gasteiger partial charge is 0.459 e. The Labute approximate surface area is 322 Å². The molecule has 0 bridgehead atoms. The van der Waals surface area contributed by atoms with Gasteiger partial charge in [-0.25, -0.2) is 0 Å². The normalized spacial score (nSPS) is 49.8. The number of likely N-dealkylation sites (N-methyl/N-ethyl adjacent to an activating group) is 1. The lowest BCUT2D eigenvalue weighted by Crippen LogP contribution is -2.63. The summed E-state index contributed by atoms with van der Waals surface area (Å²) in [7, 11) is 6.80. The first-order chi connectivity index (χ1) is 24.9. The molecule has 316 valence electrons. The van der Waals surface area contributed by atoms with Gasteiger partial charge in [-0.05, 0) is 81.8 Å². The van der Waals surface area contributed by atoms with Gasteiger partial charge in [-0.3, -0.25) is 4.79 Å². The molecule has 15 nitrogen and oxygen atoms in total. The molecule has 1 unspecified atom stereocenters. The number of ether oxygens (including phenoxy) is 7. The summed E-state index contributed by atoms with van der Waals surface area (Å²) in [5.74, 6) is -5.28. The molecule has 0 aliphatic carbocycles. The van der Waals surface area contributed by atoms with E-state index in [9.17, 15) is 30.4 Å². The molecule has 3 aliphatic rings. The van der Waals surface area contributed by atoms with Crippen molar-refractivity contribution in [1.82, 2.24) is 4.90 Å². The van der Waals surface area contributed by atoms with Crippen molar-refractivity contribution in [2.45, 2.75) is 186 Å². The first-order valence-electron chi connectivity index (χ1n) is 19.5. The third-order valence-electron chi connectivity index (χ3n) is 12.7. The smallest absolute Gasteiger partial charge is 0.311 e. The van der Waals surface area contributed by atoms with Crippen LogP contribution in [-0.4, -0.2) is 154 Å². The van der Waals surface area contributed by atoms with E-state index in [0.29, 0.717) is 6.42 Å². The molecule has 3 heterocycles. The predicted octanol–water partition coefficient (Wildman–Crippen LogP) is 3.09. The van der Waals surface area contributed by atoms with E-state index in [2.05, 4.69) is 5.16 Å². The number of aliphatic hydroxyl groups is 4. The van der Waals surface area contributed by atoms with Gasteiger partial charge in [0.15, 0.2) is 12.1 Å². The van der Waals surface area contributed by atoms with Crippen molar-refractivity contribution >= 4 is 11.7 Å². The number of nitrogens with zero attached hydrogens (tertiary/aromatic N) is 2. The van der Waals surface area contributed by atoms with Crippen LogP contribution in [0.25, 0.3) is 0 Å².